The predicted molar refractivity (Wildman–Crippen MR) is 79.4 cm³/mol. The lowest BCUT2D eigenvalue weighted by molar-refractivity contribution is -0.136. The molecule has 5 nitrogen and oxygen atoms in total. The average molecular weight is 284 g/mol. The van der Waals surface area contributed by atoms with Gasteiger partial charge in [-0.15, -0.1) is 0 Å². The monoisotopic (exact) mass is 284 g/mol. The van der Waals surface area contributed by atoms with E-state index in [1.165, 1.54) is 6.20 Å². The number of aromatic nitrogens is 1. The first-order valence-corrected chi connectivity index (χ1v) is 6.50. The molecule has 1 aromatic heterocycles. The third kappa shape index (κ3) is 4.14. The second kappa shape index (κ2) is 6.17. The molecule has 0 radical (unpaired) electrons. The van der Waals surface area contributed by atoms with Crippen LogP contribution < -0.4 is 5.32 Å². The number of carboxylic acids is 1. The van der Waals surface area contributed by atoms with Gasteiger partial charge >= 0.3 is 5.97 Å². The molecule has 0 atom stereocenters. The van der Waals surface area contributed by atoms with Crippen molar-refractivity contribution < 1.29 is 14.7 Å². The van der Waals surface area contributed by atoms with Crippen LogP contribution in [0.4, 0.5) is 5.69 Å². The van der Waals surface area contributed by atoms with Gasteiger partial charge in [0.05, 0.1) is 24.0 Å². The highest BCUT2D eigenvalue weighted by molar-refractivity contribution is 6.04. The fourth-order valence-electron chi connectivity index (χ4n) is 2.07. The number of anilines is 1. The molecule has 0 saturated heterocycles. The van der Waals surface area contributed by atoms with E-state index >= 15 is 0 Å². The van der Waals surface area contributed by atoms with Crippen LogP contribution in [0, 0.1) is 13.8 Å². The maximum Gasteiger partial charge on any atom is 0.309 e. The SMILES string of the molecule is Cc1cc(C)cc(C(=O)Nc2ccc(CC(=O)O)nc2)c1. The Morgan fingerprint density at radius 2 is 1.81 bits per heavy atom. The van der Waals surface area contributed by atoms with Crippen LogP contribution in [0.1, 0.15) is 27.2 Å². The van der Waals surface area contributed by atoms with Crippen LogP contribution in [-0.2, 0) is 11.2 Å². The van der Waals surface area contributed by atoms with Gasteiger partial charge in [-0.25, -0.2) is 0 Å². The average Bonchev–Trinajstić information content (AvgIpc) is 2.39. The second-order valence-corrected chi connectivity index (χ2v) is 4.94. The minimum absolute atomic E-state index is 0.134. The van der Waals surface area contributed by atoms with Crippen LogP contribution in [-0.4, -0.2) is 22.0 Å². The van der Waals surface area contributed by atoms with Gasteiger partial charge in [-0.2, -0.15) is 0 Å². The summed E-state index contributed by atoms with van der Waals surface area (Å²) in [4.78, 5) is 26.7. The highest BCUT2D eigenvalue weighted by Crippen LogP contribution is 2.12. The zero-order valence-electron chi connectivity index (χ0n) is 11.9. The van der Waals surface area contributed by atoms with E-state index < -0.39 is 5.97 Å². The van der Waals surface area contributed by atoms with Gasteiger partial charge in [0.2, 0.25) is 0 Å². The summed E-state index contributed by atoms with van der Waals surface area (Å²) < 4.78 is 0. The number of rotatable bonds is 4. The van der Waals surface area contributed by atoms with Crippen molar-refractivity contribution in [1.29, 1.82) is 0 Å². The van der Waals surface area contributed by atoms with Crippen molar-refractivity contribution in [3.05, 3.63) is 58.9 Å². The zero-order valence-corrected chi connectivity index (χ0v) is 11.9. The van der Waals surface area contributed by atoms with E-state index in [0.717, 1.165) is 11.1 Å². The largest absolute Gasteiger partial charge is 0.481 e. The van der Waals surface area contributed by atoms with E-state index in [4.69, 9.17) is 5.11 Å². The maximum absolute atomic E-state index is 12.1. The number of hydrogen-bond acceptors (Lipinski definition) is 3. The van der Waals surface area contributed by atoms with Gasteiger partial charge in [0, 0.05) is 5.56 Å². The number of hydrogen-bond donors (Lipinski definition) is 2. The van der Waals surface area contributed by atoms with Crippen molar-refractivity contribution in [3.8, 4) is 0 Å². The van der Waals surface area contributed by atoms with Crippen molar-refractivity contribution in [2.75, 3.05) is 5.32 Å². The summed E-state index contributed by atoms with van der Waals surface area (Å²) >= 11 is 0. The van der Waals surface area contributed by atoms with Gasteiger partial charge in [0.1, 0.15) is 0 Å². The number of amides is 1. The van der Waals surface area contributed by atoms with Crippen molar-refractivity contribution in [3.63, 3.8) is 0 Å². The van der Waals surface area contributed by atoms with E-state index in [0.29, 0.717) is 16.9 Å². The molecule has 1 heterocycles. The quantitative estimate of drug-likeness (QED) is 0.904. The number of nitrogens with one attached hydrogen (secondary N) is 1. The fraction of sp³-hybridized carbons (Fsp3) is 0.188. The van der Waals surface area contributed by atoms with Gasteiger partial charge in [0.25, 0.3) is 5.91 Å². The Balaban J connectivity index is 2.10. The number of aryl methyl sites for hydroxylation is 2. The summed E-state index contributed by atoms with van der Waals surface area (Å²) in [6.07, 6.45) is 1.32. The number of carbonyl (C=O) groups excluding carboxylic acids is 1. The summed E-state index contributed by atoms with van der Waals surface area (Å²) in [5.41, 5.74) is 3.62. The van der Waals surface area contributed by atoms with Crippen LogP contribution in [0.25, 0.3) is 0 Å². The maximum atomic E-state index is 12.1. The van der Waals surface area contributed by atoms with Crippen LogP contribution in [0.3, 0.4) is 0 Å². The first-order valence-electron chi connectivity index (χ1n) is 6.50. The van der Waals surface area contributed by atoms with E-state index in [-0.39, 0.29) is 12.3 Å². The lowest BCUT2D eigenvalue weighted by atomic mass is 10.1. The fourth-order valence-corrected chi connectivity index (χ4v) is 2.07. The molecule has 2 aromatic rings. The third-order valence-electron chi connectivity index (χ3n) is 2.90. The zero-order chi connectivity index (χ0) is 15.4. The number of pyridine rings is 1. The molecule has 2 N–H and O–H groups in total. The minimum Gasteiger partial charge on any atom is -0.481 e. The highest BCUT2D eigenvalue weighted by atomic mass is 16.4. The molecule has 0 spiro atoms. The molecular weight excluding hydrogens is 268 g/mol. The molecule has 0 aliphatic heterocycles. The molecule has 1 aromatic carbocycles. The highest BCUT2D eigenvalue weighted by Gasteiger charge is 2.08. The Bertz CT molecular complexity index is 658. The van der Waals surface area contributed by atoms with E-state index in [1.54, 1.807) is 12.1 Å². The van der Waals surface area contributed by atoms with Crippen LogP contribution in [0.5, 0.6) is 0 Å². The van der Waals surface area contributed by atoms with Gasteiger partial charge in [-0.3, -0.25) is 14.6 Å². The predicted octanol–water partition coefficient (Wildman–Crippen LogP) is 2.58. The molecule has 108 valence electrons. The summed E-state index contributed by atoms with van der Waals surface area (Å²) in [7, 11) is 0. The normalized spacial score (nSPS) is 10.2. The molecular formula is C16H16N2O3. The van der Waals surface area contributed by atoms with Crippen molar-refractivity contribution in [2.45, 2.75) is 20.3 Å². The Kier molecular flexibility index (Phi) is 4.33. The molecule has 0 aliphatic carbocycles. The van der Waals surface area contributed by atoms with E-state index in [9.17, 15) is 9.59 Å². The molecule has 5 heteroatoms. The number of aliphatic carboxylic acids is 1. The Morgan fingerprint density at radius 1 is 1.14 bits per heavy atom. The van der Waals surface area contributed by atoms with Crippen molar-refractivity contribution >= 4 is 17.6 Å². The summed E-state index contributed by atoms with van der Waals surface area (Å²) in [5, 5.41) is 11.4. The Labute approximate surface area is 122 Å². The molecule has 0 saturated carbocycles. The summed E-state index contributed by atoms with van der Waals surface area (Å²) in [5.74, 6) is -1.15. The number of carboxylic acid groups (broad SMARTS) is 1. The van der Waals surface area contributed by atoms with E-state index in [1.807, 2.05) is 32.0 Å². The van der Waals surface area contributed by atoms with Crippen LogP contribution in [0.2, 0.25) is 0 Å². The topological polar surface area (TPSA) is 79.3 Å². The molecule has 0 aliphatic rings. The lowest BCUT2D eigenvalue weighted by Crippen LogP contribution is -2.13. The minimum atomic E-state index is -0.936. The molecule has 21 heavy (non-hydrogen) atoms. The lowest BCUT2D eigenvalue weighted by Gasteiger charge is -2.07. The third-order valence-corrected chi connectivity index (χ3v) is 2.90. The van der Waals surface area contributed by atoms with Crippen LogP contribution in [0.15, 0.2) is 36.5 Å². The van der Waals surface area contributed by atoms with Gasteiger partial charge < -0.3 is 10.4 Å². The van der Waals surface area contributed by atoms with E-state index in [2.05, 4.69) is 10.3 Å². The molecule has 0 fully saturated rings. The van der Waals surface area contributed by atoms with Gasteiger partial charge in [-0.05, 0) is 38.1 Å². The standard InChI is InChI=1S/C16H16N2O3/c1-10-5-11(2)7-12(6-10)16(21)18-14-4-3-13(17-9-14)8-15(19)20/h3-7,9H,8H2,1-2H3,(H,18,21)(H,19,20). The van der Waals surface area contributed by atoms with Crippen molar-refractivity contribution in [2.24, 2.45) is 0 Å². The molecule has 2 rings (SSSR count). The number of carbonyl (C=O) groups is 2. The first-order chi connectivity index (χ1) is 9.94. The molecule has 0 unspecified atom stereocenters. The second-order valence-electron chi connectivity index (χ2n) is 4.94. The summed E-state index contributed by atoms with van der Waals surface area (Å²) in [6, 6.07) is 8.86. The smallest absolute Gasteiger partial charge is 0.309 e. The van der Waals surface area contributed by atoms with Gasteiger partial charge in [0.15, 0.2) is 0 Å². The van der Waals surface area contributed by atoms with Crippen LogP contribution >= 0.6 is 0 Å². The first kappa shape index (κ1) is 14.7. The molecule has 1 amide bonds. The van der Waals surface area contributed by atoms with Crippen molar-refractivity contribution in [1.82, 2.24) is 4.98 Å². The van der Waals surface area contributed by atoms with Gasteiger partial charge in [-0.1, -0.05) is 17.2 Å². The Hall–Kier alpha value is -2.69. The number of benzene rings is 1. The molecule has 0 bridgehead atoms. The Morgan fingerprint density at radius 3 is 2.33 bits per heavy atom. The number of nitrogens with zero attached hydrogens (tertiary/aromatic N) is 1. The summed E-state index contributed by atoms with van der Waals surface area (Å²) in [6.45, 7) is 3.87.